The number of likely N-dealkylation sites (tertiary alicyclic amines) is 1. The molecule has 0 radical (unpaired) electrons. The summed E-state index contributed by atoms with van der Waals surface area (Å²) >= 11 is 0. The molecule has 3 heterocycles. The highest BCUT2D eigenvalue weighted by molar-refractivity contribution is 5.74. The van der Waals surface area contributed by atoms with Crippen LogP contribution >= 0.6 is 0 Å². The first-order valence-electron chi connectivity index (χ1n) is 9.76. The molecule has 3 aliphatic rings. The lowest BCUT2D eigenvalue weighted by Crippen LogP contribution is -2.29. The number of anilines is 1. The number of pyridine rings is 1. The number of nitrogen functional groups attached to an aromatic ring is 1. The zero-order valence-corrected chi connectivity index (χ0v) is 15.9. The lowest BCUT2D eigenvalue weighted by molar-refractivity contribution is -0.128. The Morgan fingerprint density at radius 3 is 2.59 bits per heavy atom. The summed E-state index contributed by atoms with van der Waals surface area (Å²) in [6.07, 6.45) is 3.62. The molecule has 0 aromatic carbocycles. The number of nitrogens with zero attached hydrogens (tertiary/aromatic N) is 4. The van der Waals surface area contributed by atoms with Crippen LogP contribution in [0.5, 0.6) is 5.75 Å². The number of carbonyl (C=O) groups is 1. The number of aromatic nitrogens is 3. The second-order valence-electron chi connectivity index (χ2n) is 8.07. The first-order chi connectivity index (χ1) is 13.9. The maximum Gasteiger partial charge on any atom is 0.387 e. The van der Waals surface area contributed by atoms with Crippen molar-refractivity contribution >= 4 is 11.7 Å². The second-order valence-corrected chi connectivity index (χ2v) is 8.07. The fraction of sp³-hybridized carbons (Fsp3) is 0.500. The van der Waals surface area contributed by atoms with E-state index in [0.29, 0.717) is 34.9 Å². The third-order valence-corrected chi connectivity index (χ3v) is 6.08. The van der Waals surface area contributed by atoms with Crippen molar-refractivity contribution in [3.8, 4) is 17.0 Å². The van der Waals surface area contributed by atoms with Crippen LogP contribution in [0, 0.1) is 11.8 Å². The van der Waals surface area contributed by atoms with Gasteiger partial charge in [-0.15, -0.1) is 0 Å². The maximum absolute atomic E-state index is 12.7. The number of carbonyl (C=O) groups excluding carboxylic acids is 1. The van der Waals surface area contributed by atoms with Gasteiger partial charge in [-0.05, 0) is 36.8 Å². The minimum atomic E-state index is -2.98. The summed E-state index contributed by atoms with van der Waals surface area (Å²) < 4.78 is 29.8. The van der Waals surface area contributed by atoms with E-state index >= 15 is 0 Å². The third-order valence-electron chi connectivity index (χ3n) is 6.08. The van der Waals surface area contributed by atoms with Gasteiger partial charge in [0.05, 0.1) is 5.69 Å². The lowest BCUT2D eigenvalue weighted by Gasteiger charge is -2.18. The van der Waals surface area contributed by atoms with Crippen LogP contribution < -0.4 is 10.5 Å². The number of rotatable bonds is 5. The molecule has 3 atom stereocenters. The van der Waals surface area contributed by atoms with Gasteiger partial charge >= 0.3 is 6.61 Å². The zero-order valence-electron chi connectivity index (χ0n) is 15.9. The molecule has 0 unspecified atom stereocenters. The van der Waals surface area contributed by atoms with Crippen molar-refractivity contribution in [1.29, 1.82) is 0 Å². The second kappa shape index (κ2) is 6.60. The Morgan fingerprint density at radius 1 is 1.24 bits per heavy atom. The molecular formula is C20H21F2N5O2. The third kappa shape index (κ3) is 3.38. The van der Waals surface area contributed by atoms with Gasteiger partial charge in [-0.25, -0.2) is 15.0 Å². The molecule has 9 heteroatoms. The van der Waals surface area contributed by atoms with E-state index in [9.17, 15) is 13.6 Å². The number of ether oxygens (including phenoxy) is 1. The molecule has 2 aromatic rings. The average molecular weight is 401 g/mol. The van der Waals surface area contributed by atoms with Crippen molar-refractivity contribution in [2.45, 2.75) is 38.2 Å². The molecule has 1 aliphatic heterocycles. The first kappa shape index (κ1) is 18.2. The van der Waals surface area contributed by atoms with Crippen molar-refractivity contribution in [1.82, 2.24) is 19.9 Å². The topological polar surface area (TPSA) is 94.2 Å². The Labute approximate surface area is 166 Å². The fourth-order valence-corrected chi connectivity index (χ4v) is 4.34. The van der Waals surface area contributed by atoms with E-state index in [1.54, 1.807) is 6.92 Å². The van der Waals surface area contributed by atoms with Crippen molar-refractivity contribution in [3.05, 3.63) is 29.8 Å². The van der Waals surface area contributed by atoms with Crippen LogP contribution in [-0.4, -0.2) is 45.5 Å². The van der Waals surface area contributed by atoms with E-state index in [1.165, 1.54) is 12.3 Å². The van der Waals surface area contributed by atoms with Crippen LogP contribution in [-0.2, 0) is 4.79 Å². The van der Waals surface area contributed by atoms with Crippen LogP contribution in [0.25, 0.3) is 11.3 Å². The van der Waals surface area contributed by atoms with Crippen LogP contribution in [0.4, 0.5) is 14.6 Å². The van der Waals surface area contributed by atoms with Crippen LogP contribution in [0.1, 0.15) is 43.1 Å². The van der Waals surface area contributed by atoms with Crippen LogP contribution in [0.2, 0.25) is 0 Å². The van der Waals surface area contributed by atoms with Crippen LogP contribution in [0.3, 0.4) is 0 Å². The van der Waals surface area contributed by atoms with Gasteiger partial charge in [0, 0.05) is 49.3 Å². The lowest BCUT2D eigenvalue weighted by atomic mass is 10.1. The van der Waals surface area contributed by atoms with Gasteiger partial charge in [0.15, 0.2) is 11.6 Å². The Hall–Kier alpha value is -2.84. The minimum Gasteiger partial charge on any atom is -0.431 e. The highest BCUT2D eigenvalue weighted by Gasteiger charge is 2.57. The summed E-state index contributed by atoms with van der Waals surface area (Å²) in [5.74, 6) is 2.16. The SMILES string of the molecule is CC(=O)N1C[C@@H]2[C@H](C1)[C@H]2c1cc(-c2cnc(N)c(OC(F)F)c2)nc(C2CC2)n1. The number of alkyl halides is 2. The molecule has 152 valence electrons. The Balaban J connectivity index is 1.47. The van der Waals surface area contributed by atoms with Gasteiger partial charge in [0.1, 0.15) is 5.82 Å². The van der Waals surface area contributed by atoms with Gasteiger partial charge < -0.3 is 15.4 Å². The number of halogens is 2. The normalized spacial score (nSPS) is 25.2. The van der Waals surface area contributed by atoms with Gasteiger partial charge in [-0.2, -0.15) is 8.78 Å². The van der Waals surface area contributed by atoms with Gasteiger partial charge in [-0.1, -0.05) is 0 Å². The average Bonchev–Trinajstić information content (AvgIpc) is 3.60. The molecule has 2 aromatic heterocycles. The van der Waals surface area contributed by atoms with Crippen molar-refractivity contribution in [2.75, 3.05) is 18.8 Å². The minimum absolute atomic E-state index is 0.0909. The molecule has 5 rings (SSSR count). The summed E-state index contributed by atoms with van der Waals surface area (Å²) in [6, 6.07) is 3.36. The maximum atomic E-state index is 12.7. The molecular weight excluding hydrogens is 380 g/mol. The standard InChI is InChI=1S/C20H21F2N5O2/c1-9(28)27-7-12-13(8-27)17(12)15-5-14(25-19(26-15)10-2-3-10)11-4-16(29-20(21)22)18(23)24-6-11/h4-6,10,12-13,17,20H,2-3,7-8H2,1H3,(H2,23,24)/t12-,13+,17+. The van der Waals surface area contributed by atoms with Gasteiger partial charge in [0.25, 0.3) is 0 Å². The molecule has 3 fully saturated rings. The van der Waals surface area contributed by atoms with Gasteiger partial charge in [0.2, 0.25) is 5.91 Å². The number of nitrogens with two attached hydrogens (primary N) is 1. The molecule has 0 bridgehead atoms. The van der Waals surface area contributed by atoms with E-state index in [1.807, 2.05) is 11.0 Å². The molecule has 7 nitrogen and oxygen atoms in total. The van der Waals surface area contributed by atoms with E-state index < -0.39 is 6.61 Å². The number of hydrogen-bond donors (Lipinski definition) is 1. The van der Waals surface area contributed by atoms with E-state index in [0.717, 1.165) is 37.4 Å². The first-order valence-corrected chi connectivity index (χ1v) is 9.76. The number of piperidine rings is 1. The summed E-state index contributed by atoms with van der Waals surface area (Å²) in [4.78, 5) is 26.9. The Bertz CT molecular complexity index is 969. The van der Waals surface area contributed by atoms with E-state index in [4.69, 9.17) is 10.7 Å². The predicted molar refractivity (Wildman–Crippen MR) is 100 cm³/mol. The molecule has 2 N–H and O–H groups in total. The summed E-state index contributed by atoms with van der Waals surface area (Å²) in [5, 5.41) is 0. The zero-order chi connectivity index (χ0) is 20.3. The highest BCUT2D eigenvalue weighted by atomic mass is 19.3. The molecule has 0 spiro atoms. The highest BCUT2D eigenvalue weighted by Crippen LogP contribution is 2.58. The van der Waals surface area contributed by atoms with Crippen LogP contribution in [0.15, 0.2) is 18.3 Å². The van der Waals surface area contributed by atoms with Crippen molar-refractivity contribution in [2.24, 2.45) is 11.8 Å². The largest absolute Gasteiger partial charge is 0.431 e. The monoisotopic (exact) mass is 401 g/mol. The predicted octanol–water partition coefficient (Wildman–Crippen LogP) is 2.79. The number of fused-ring (bicyclic) bond motifs is 1. The molecule has 1 amide bonds. The Morgan fingerprint density at radius 2 is 1.97 bits per heavy atom. The fourth-order valence-electron chi connectivity index (χ4n) is 4.34. The Kier molecular flexibility index (Phi) is 4.15. The molecule has 2 saturated carbocycles. The molecule has 29 heavy (non-hydrogen) atoms. The smallest absolute Gasteiger partial charge is 0.387 e. The van der Waals surface area contributed by atoms with Crippen molar-refractivity contribution < 1.29 is 18.3 Å². The summed E-state index contributed by atoms with van der Waals surface area (Å²) in [7, 11) is 0. The summed E-state index contributed by atoms with van der Waals surface area (Å²) in [5.41, 5.74) is 7.82. The molecule has 1 saturated heterocycles. The van der Waals surface area contributed by atoms with Crippen molar-refractivity contribution in [3.63, 3.8) is 0 Å². The number of hydrogen-bond acceptors (Lipinski definition) is 6. The molecule has 2 aliphatic carbocycles. The van der Waals surface area contributed by atoms with E-state index in [2.05, 4.69) is 14.7 Å². The number of amides is 1. The van der Waals surface area contributed by atoms with Gasteiger partial charge in [-0.3, -0.25) is 4.79 Å². The summed E-state index contributed by atoms with van der Waals surface area (Å²) in [6.45, 7) is 0.144. The quantitative estimate of drug-likeness (QED) is 0.828. The van der Waals surface area contributed by atoms with E-state index in [-0.39, 0.29) is 17.5 Å².